The summed E-state index contributed by atoms with van der Waals surface area (Å²) >= 11 is -1.55. The molecule has 1 radical (unpaired) electrons. The number of rotatable bonds is 9. The molecule has 3 heteroatoms. The van der Waals surface area contributed by atoms with Crippen molar-refractivity contribution in [1.82, 2.24) is 0 Å². The van der Waals surface area contributed by atoms with Gasteiger partial charge in [-0.05, 0) is 0 Å². The zero-order valence-electron chi connectivity index (χ0n) is 15.3. The second-order valence-corrected chi connectivity index (χ2v) is 14.7. The van der Waals surface area contributed by atoms with E-state index in [9.17, 15) is 0 Å². The Bertz CT molecular complexity index is 504. The standard InChI is InChI=1S/C12H14NO.2C4H9.Sn/c1-9(2)12-13-11(8-14-12)10-6-4-3-5-7-10;2*1-3-4-2;/h3-6,9,12H,8H2,1-2H3;2*1,3-4H2,2H3;/t12-;;;/m1.../s1. The van der Waals surface area contributed by atoms with Crippen molar-refractivity contribution in [1.29, 1.82) is 0 Å². The van der Waals surface area contributed by atoms with Gasteiger partial charge in [0.05, 0.1) is 0 Å². The monoisotopic (exact) mass is 422 g/mol. The molecule has 1 aliphatic rings. The van der Waals surface area contributed by atoms with E-state index in [1.165, 1.54) is 45.8 Å². The van der Waals surface area contributed by atoms with Gasteiger partial charge in [0.1, 0.15) is 0 Å². The van der Waals surface area contributed by atoms with Gasteiger partial charge in [0.25, 0.3) is 0 Å². The molecule has 0 unspecified atom stereocenters. The number of nitrogens with zero attached hydrogens (tertiary/aromatic N) is 1. The average molecular weight is 421 g/mol. The Hall–Kier alpha value is -0.351. The average Bonchev–Trinajstić information content (AvgIpc) is 3.05. The van der Waals surface area contributed by atoms with Crippen LogP contribution in [0.4, 0.5) is 0 Å². The molecule has 0 amide bonds. The summed E-state index contributed by atoms with van der Waals surface area (Å²) in [7, 11) is 0. The van der Waals surface area contributed by atoms with Gasteiger partial charge in [-0.25, -0.2) is 0 Å². The van der Waals surface area contributed by atoms with Gasteiger partial charge in [-0.2, -0.15) is 0 Å². The summed E-state index contributed by atoms with van der Waals surface area (Å²) < 4.78 is 10.5. The molecule has 1 aromatic rings. The summed E-state index contributed by atoms with van der Waals surface area (Å²) in [5.41, 5.74) is 2.61. The summed E-state index contributed by atoms with van der Waals surface area (Å²) in [4.78, 5) is 4.89. The number of aliphatic imine (C=N–C) groups is 1. The van der Waals surface area contributed by atoms with Crippen LogP contribution in [-0.4, -0.2) is 38.3 Å². The molecule has 1 aromatic carbocycles. The molecule has 1 atom stereocenters. The van der Waals surface area contributed by atoms with E-state index in [1.807, 2.05) is 0 Å². The Morgan fingerprint density at radius 3 is 2.35 bits per heavy atom. The number of hydrogen-bond donors (Lipinski definition) is 0. The van der Waals surface area contributed by atoms with Crippen molar-refractivity contribution in [2.45, 2.75) is 68.5 Å². The molecule has 2 nitrogen and oxygen atoms in total. The van der Waals surface area contributed by atoms with Gasteiger partial charge >= 0.3 is 150 Å². The Balaban J connectivity index is 2.25. The number of hydrogen-bond acceptors (Lipinski definition) is 2. The summed E-state index contributed by atoms with van der Waals surface area (Å²) in [6, 6.07) is 9.09. The zero-order valence-corrected chi connectivity index (χ0v) is 18.1. The van der Waals surface area contributed by atoms with Crippen LogP contribution in [0.25, 0.3) is 0 Å². The van der Waals surface area contributed by atoms with Gasteiger partial charge < -0.3 is 0 Å². The molecule has 0 fully saturated rings. The fourth-order valence-electron chi connectivity index (χ4n) is 3.10. The van der Waals surface area contributed by atoms with Crippen LogP contribution in [-0.2, 0) is 4.74 Å². The first kappa shape index (κ1) is 19.0. The van der Waals surface area contributed by atoms with Crippen molar-refractivity contribution < 1.29 is 4.74 Å². The molecule has 0 aromatic heterocycles. The molecular weight excluding hydrogens is 389 g/mol. The second kappa shape index (κ2) is 9.83. The fourth-order valence-corrected chi connectivity index (χ4v) is 12.5. The molecule has 0 saturated carbocycles. The summed E-state index contributed by atoms with van der Waals surface area (Å²) in [5.74, 6) is 0.456. The van der Waals surface area contributed by atoms with Crippen molar-refractivity contribution in [2.24, 2.45) is 10.9 Å². The molecule has 0 saturated heterocycles. The van der Waals surface area contributed by atoms with Crippen LogP contribution in [0.15, 0.2) is 29.3 Å². The number of ether oxygens (including phenoxy) is 1. The maximum absolute atomic E-state index is 5.90. The van der Waals surface area contributed by atoms with Gasteiger partial charge in [0.15, 0.2) is 0 Å². The van der Waals surface area contributed by atoms with Gasteiger partial charge in [0, 0.05) is 0 Å². The quantitative estimate of drug-likeness (QED) is 0.526. The third-order valence-electron chi connectivity index (χ3n) is 4.53. The van der Waals surface area contributed by atoms with Crippen LogP contribution < -0.4 is 3.58 Å². The normalized spacial score (nSPS) is 18.0. The van der Waals surface area contributed by atoms with Gasteiger partial charge in [-0.1, -0.05) is 0 Å². The van der Waals surface area contributed by atoms with E-state index in [0.717, 1.165) is 0 Å². The van der Waals surface area contributed by atoms with E-state index in [2.05, 4.69) is 52.0 Å². The van der Waals surface area contributed by atoms with Crippen LogP contribution in [0.5, 0.6) is 0 Å². The van der Waals surface area contributed by atoms with Crippen LogP contribution in [0.1, 0.15) is 58.9 Å². The van der Waals surface area contributed by atoms with Crippen molar-refractivity contribution in [3.63, 3.8) is 0 Å². The predicted octanol–water partition coefficient (Wildman–Crippen LogP) is 4.79. The van der Waals surface area contributed by atoms with Crippen LogP contribution >= 0.6 is 0 Å². The third-order valence-corrected chi connectivity index (χ3v) is 13.4. The van der Waals surface area contributed by atoms with Gasteiger partial charge in [-0.3, -0.25) is 0 Å². The van der Waals surface area contributed by atoms with Gasteiger partial charge in [0.2, 0.25) is 0 Å². The minimum atomic E-state index is -1.55. The van der Waals surface area contributed by atoms with Crippen molar-refractivity contribution in [3.05, 3.63) is 29.8 Å². The Morgan fingerprint density at radius 2 is 1.78 bits per heavy atom. The topological polar surface area (TPSA) is 21.6 Å². The summed E-state index contributed by atoms with van der Waals surface area (Å²) in [5, 5.41) is 0. The summed E-state index contributed by atoms with van der Waals surface area (Å²) in [6.07, 6.45) is 5.47. The Labute approximate surface area is 149 Å². The first-order chi connectivity index (χ1) is 11.2. The predicted molar refractivity (Wildman–Crippen MR) is 102 cm³/mol. The van der Waals surface area contributed by atoms with Crippen LogP contribution in [0, 0.1) is 5.92 Å². The minimum absolute atomic E-state index is 0.0522. The van der Waals surface area contributed by atoms with Crippen molar-refractivity contribution >= 4 is 29.1 Å². The van der Waals surface area contributed by atoms with E-state index in [4.69, 9.17) is 9.73 Å². The molecule has 0 N–H and O–H groups in total. The Morgan fingerprint density at radius 1 is 1.13 bits per heavy atom. The second-order valence-electron chi connectivity index (χ2n) is 6.88. The molecule has 0 bridgehead atoms. The zero-order chi connectivity index (χ0) is 16.7. The van der Waals surface area contributed by atoms with E-state index in [-0.39, 0.29) is 6.23 Å². The van der Waals surface area contributed by atoms with E-state index in [0.29, 0.717) is 12.5 Å². The molecule has 1 heterocycles. The van der Waals surface area contributed by atoms with Crippen LogP contribution in [0.3, 0.4) is 0 Å². The fraction of sp³-hybridized carbons (Fsp3) is 0.650. The molecule has 0 spiro atoms. The molecule has 2 rings (SSSR count). The van der Waals surface area contributed by atoms with Crippen molar-refractivity contribution in [3.8, 4) is 0 Å². The molecule has 1 aliphatic heterocycles. The van der Waals surface area contributed by atoms with Gasteiger partial charge in [-0.15, -0.1) is 0 Å². The Kier molecular flexibility index (Phi) is 8.11. The van der Waals surface area contributed by atoms with Crippen molar-refractivity contribution in [2.75, 3.05) is 6.61 Å². The maximum atomic E-state index is 5.90. The van der Waals surface area contributed by atoms with E-state index in [1.54, 1.807) is 3.58 Å². The molecule has 23 heavy (non-hydrogen) atoms. The molecular formula is C20H32NOSn. The molecule has 127 valence electrons. The first-order valence-corrected chi connectivity index (χ1v) is 14.8. The third kappa shape index (κ3) is 5.32. The first-order valence-electron chi connectivity index (χ1n) is 9.30. The van der Waals surface area contributed by atoms with E-state index >= 15 is 0 Å². The summed E-state index contributed by atoms with van der Waals surface area (Å²) in [6.45, 7) is 9.69. The number of unbranched alkanes of at least 4 members (excludes halogenated alkanes) is 2. The van der Waals surface area contributed by atoms with E-state index < -0.39 is 19.8 Å². The van der Waals surface area contributed by atoms with Crippen LogP contribution in [0.2, 0.25) is 8.87 Å². The molecule has 0 aliphatic carbocycles. The SMILES string of the molecule is CCC[CH2][Sn]([CH2]CCC)[c]1ccccc1C1=N[C@@H](C(C)C)OC1. The number of benzene rings is 1.